The monoisotopic (exact) mass is 380 g/mol. The molecule has 0 amide bonds. The van der Waals surface area contributed by atoms with Gasteiger partial charge in [0.15, 0.2) is 12.1 Å². The molecule has 26 heavy (non-hydrogen) atoms. The number of aryl methyl sites for hydroxylation is 1. The summed E-state index contributed by atoms with van der Waals surface area (Å²) in [7, 11) is 0. The molecule has 0 saturated carbocycles. The van der Waals surface area contributed by atoms with Gasteiger partial charge >= 0.3 is 0 Å². The van der Waals surface area contributed by atoms with Crippen molar-refractivity contribution in [3.05, 3.63) is 64.7 Å². The molecule has 0 aliphatic rings. The van der Waals surface area contributed by atoms with Gasteiger partial charge in [-0.3, -0.25) is 9.89 Å². The molecule has 1 N–H and O–H groups in total. The zero-order valence-electron chi connectivity index (χ0n) is 13.7. The molecule has 4 rings (SSSR count). The average Bonchev–Trinajstić information content (AvgIpc) is 3.11. The number of hydrogen-bond donors (Lipinski definition) is 1. The number of halogens is 1. The highest BCUT2D eigenvalue weighted by molar-refractivity contribution is 7.99. The molecule has 0 aliphatic carbocycles. The minimum absolute atomic E-state index is 0.499. The second kappa shape index (κ2) is 6.90. The van der Waals surface area contributed by atoms with Crippen LogP contribution in [0.4, 0.5) is 0 Å². The Kier molecular flexibility index (Phi) is 4.44. The lowest BCUT2D eigenvalue weighted by Gasteiger charge is -2.06. The maximum atomic E-state index is 11.5. The molecule has 2 aromatic carbocycles. The van der Waals surface area contributed by atoms with Crippen molar-refractivity contribution in [1.29, 1.82) is 0 Å². The van der Waals surface area contributed by atoms with Crippen molar-refractivity contribution in [1.82, 2.24) is 20.2 Å². The number of H-pyrrole nitrogens is 1. The first kappa shape index (κ1) is 16.8. The summed E-state index contributed by atoms with van der Waals surface area (Å²) in [6.45, 7) is 2.00. The maximum Gasteiger partial charge on any atom is 0.215 e. The van der Waals surface area contributed by atoms with E-state index in [0.29, 0.717) is 26.6 Å². The van der Waals surface area contributed by atoms with Crippen molar-refractivity contribution in [3.63, 3.8) is 0 Å². The van der Waals surface area contributed by atoms with E-state index in [9.17, 15) is 4.79 Å². The van der Waals surface area contributed by atoms with Crippen LogP contribution in [0.25, 0.3) is 22.3 Å². The van der Waals surface area contributed by atoms with Crippen LogP contribution in [0.3, 0.4) is 0 Å². The van der Waals surface area contributed by atoms with Crippen molar-refractivity contribution >= 4 is 40.6 Å². The van der Waals surface area contributed by atoms with Crippen LogP contribution in [0.5, 0.6) is 0 Å². The lowest BCUT2D eigenvalue weighted by molar-refractivity contribution is 0.112. The van der Waals surface area contributed by atoms with Crippen LogP contribution in [0.1, 0.15) is 15.9 Å². The van der Waals surface area contributed by atoms with Crippen LogP contribution in [0, 0.1) is 6.92 Å². The van der Waals surface area contributed by atoms with Crippen LogP contribution >= 0.6 is 23.4 Å². The number of benzene rings is 2. The third-order valence-corrected chi connectivity index (χ3v) is 5.08. The van der Waals surface area contributed by atoms with Crippen LogP contribution in [0.15, 0.2) is 58.7 Å². The van der Waals surface area contributed by atoms with Crippen LogP contribution in [-0.4, -0.2) is 26.5 Å². The number of hydrogen-bond acceptors (Lipinski definition) is 5. The first-order valence-electron chi connectivity index (χ1n) is 7.86. The number of pyridine rings is 1. The molecule has 4 aromatic rings. The number of nitrogens with zero attached hydrogens (tertiary/aromatic N) is 3. The predicted molar refractivity (Wildman–Crippen MR) is 103 cm³/mol. The summed E-state index contributed by atoms with van der Waals surface area (Å²) in [6.07, 6.45) is 0.809. The number of para-hydroxylation sites is 1. The first-order valence-corrected chi connectivity index (χ1v) is 9.05. The Morgan fingerprint density at radius 2 is 1.92 bits per heavy atom. The van der Waals surface area contributed by atoms with E-state index < -0.39 is 0 Å². The Morgan fingerprint density at radius 1 is 1.12 bits per heavy atom. The number of carbonyl (C=O) groups is 1. The van der Waals surface area contributed by atoms with Crippen molar-refractivity contribution in [2.75, 3.05) is 0 Å². The molecule has 2 aromatic heterocycles. The fourth-order valence-electron chi connectivity index (χ4n) is 2.63. The van der Waals surface area contributed by atoms with Gasteiger partial charge in [-0.25, -0.2) is 9.97 Å². The van der Waals surface area contributed by atoms with E-state index >= 15 is 0 Å². The number of rotatable bonds is 4. The quantitative estimate of drug-likeness (QED) is 0.507. The summed E-state index contributed by atoms with van der Waals surface area (Å²) in [5.74, 6) is 0.633. The molecule has 0 fully saturated rings. The minimum Gasteiger partial charge on any atom is -0.298 e. The fraction of sp³-hybridized carbons (Fsp3) is 0.0526. The van der Waals surface area contributed by atoms with Gasteiger partial charge in [-0.1, -0.05) is 29.8 Å². The van der Waals surface area contributed by atoms with E-state index in [1.165, 1.54) is 11.8 Å². The van der Waals surface area contributed by atoms with Gasteiger partial charge in [0.25, 0.3) is 0 Å². The van der Waals surface area contributed by atoms with Gasteiger partial charge in [-0.2, -0.15) is 0 Å². The Hall–Kier alpha value is -2.70. The third-order valence-electron chi connectivity index (χ3n) is 3.94. The number of nitrogens with one attached hydrogen (secondary N) is 1. The van der Waals surface area contributed by atoms with Gasteiger partial charge in [0.2, 0.25) is 5.16 Å². The zero-order chi connectivity index (χ0) is 18.1. The van der Waals surface area contributed by atoms with E-state index in [4.69, 9.17) is 11.6 Å². The summed E-state index contributed by atoms with van der Waals surface area (Å²) in [5.41, 5.74) is 3.32. The van der Waals surface area contributed by atoms with E-state index in [1.807, 2.05) is 43.3 Å². The number of fused-ring (bicyclic) bond motifs is 1. The van der Waals surface area contributed by atoms with Gasteiger partial charge in [0.1, 0.15) is 5.03 Å². The summed E-state index contributed by atoms with van der Waals surface area (Å²) in [5, 5.41) is 9.82. The fourth-order valence-corrected chi connectivity index (χ4v) is 3.52. The van der Waals surface area contributed by atoms with Gasteiger partial charge in [-0.15, -0.1) is 5.10 Å². The largest absolute Gasteiger partial charge is 0.298 e. The molecule has 0 spiro atoms. The van der Waals surface area contributed by atoms with Gasteiger partial charge in [-0.05, 0) is 54.6 Å². The lowest BCUT2D eigenvalue weighted by Crippen LogP contribution is -1.93. The van der Waals surface area contributed by atoms with Crippen LogP contribution in [0.2, 0.25) is 5.02 Å². The molecule has 0 aliphatic heterocycles. The molecule has 0 unspecified atom stereocenters. The maximum absolute atomic E-state index is 11.5. The zero-order valence-corrected chi connectivity index (χ0v) is 15.3. The highest BCUT2D eigenvalue weighted by Gasteiger charge is 2.13. The molecule has 0 bridgehead atoms. The minimum atomic E-state index is 0.499. The topological polar surface area (TPSA) is 71.5 Å². The van der Waals surface area contributed by atoms with Crippen molar-refractivity contribution in [2.45, 2.75) is 17.1 Å². The molecule has 0 radical (unpaired) electrons. The van der Waals surface area contributed by atoms with Crippen molar-refractivity contribution in [3.8, 4) is 11.4 Å². The molecule has 5 nitrogen and oxygen atoms in total. The molecular formula is C19H13ClN4OS. The Labute approximate surface area is 158 Å². The smallest absolute Gasteiger partial charge is 0.215 e. The van der Waals surface area contributed by atoms with Crippen molar-refractivity contribution in [2.24, 2.45) is 0 Å². The summed E-state index contributed by atoms with van der Waals surface area (Å²) >= 11 is 7.17. The first-order chi connectivity index (χ1) is 12.6. The Balaban J connectivity index is 1.70. The van der Waals surface area contributed by atoms with Crippen LogP contribution in [-0.2, 0) is 0 Å². The van der Waals surface area contributed by atoms with Crippen molar-refractivity contribution < 1.29 is 4.79 Å². The summed E-state index contributed by atoms with van der Waals surface area (Å²) < 4.78 is 0. The normalized spacial score (nSPS) is 11.0. The summed E-state index contributed by atoms with van der Waals surface area (Å²) in [6, 6.07) is 15.1. The van der Waals surface area contributed by atoms with Gasteiger partial charge < -0.3 is 0 Å². The predicted octanol–water partition coefficient (Wildman–Crippen LogP) is 4.95. The van der Waals surface area contributed by atoms with Gasteiger partial charge in [0, 0.05) is 21.5 Å². The van der Waals surface area contributed by atoms with E-state index in [-0.39, 0.29) is 0 Å². The van der Waals surface area contributed by atoms with E-state index in [0.717, 1.165) is 28.3 Å². The molecule has 7 heteroatoms. The highest BCUT2D eigenvalue weighted by Crippen LogP contribution is 2.30. The molecular weight excluding hydrogens is 368 g/mol. The number of aromatic nitrogens is 4. The number of aldehydes is 1. The second-order valence-corrected chi connectivity index (χ2v) is 7.12. The Morgan fingerprint density at radius 3 is 2.69 bits per heavy atom. The van der Waals surface area contributed by atoms with E-state index in [1.54, 1.807) is 12.1 Å². The second-order valence-electron chi connectivity index (χ2n) is 5.72. The lowest BCUT2D eigenvalue weighted by atomic mass is 10.1. The SMILES string of the molecule is Cc1cccc2cc(C=O)c(Sc3n[nH]c(-c4ccc(Cl)cc4)n3)nc12. The number of carbonyl (C=O) groups excluding carboxylic acids is 1. The summed E-state index contributed by atoms with van der Waals surface area (Å²) in [4.78, 5) is 20.6. The van der Waals surface area contributed by atoms with E-state index in [2.05, 4.69) is 20.2 Å². The standard InChI is InChI=1S/C19H13ClN4OS/c1-11-3-2-4-13-9-14(10-25)18(21-16(11)13)26-19-22-17(23-24-19)12-5-7-15(20)8-6-12/h2-10H,1H3,(H,22,23,24). The average molecular weight is 381 g/mol. The van der Waals surface area contributed by atoms with Crippen LogP contribution < -0.4 is 0 Å². The Bertz CT molecular complexity index is 1110. The molecule has 0 atom stereocenters. The van der Waals surface area contributed by atoms with Gasteiger partial charge in [0.05, 0.1) is 5.52 Å². The third kappa shape index (κ3) is 3.21. The number of aromatic amines is 1. The molecule has 2 heterocycles. The highest BCUT2D eigenvalue weighted by atomic mass is 35.5. The molecule has 0 saturated heterocycles. The molecule has 128 valence electrons.